The molecule has 6 heteroatoms. The van der Waals surface area contributed by atoms with Gasteiger partial charge in [-0.25, -0.2) is 0 Å². The molecule has 5 nitrogen and oxygen atoms in total. The topological polar surface area (TPSA) is 48.9 Å². The van der Waals surface area contributed by atoms with Crippen LogP contribution in [0.3, 0.4) is 0 Å². The molecule has 2 N–H and O–H groups in total. The van der Waals surface area contributed by atoms with Crippen LogP contribution >= 0.6 is 24.0 Å². The average Bonchev–Trinajstić information content (AvgIpc) is 3.08. The van der Waals surface area contributed by atoms with E-state index in [0.29, 0.717) is 6.04 Å². The summed E-state index contributed by atoms with van der Waals surface area (Å²) in [5.41, 5.74) is 2.69. The first-order chi connectivity index (χ1) is 12.1. The Kier molecular flexibility index (Phi) is 11.0. The number of likely N-dealkylation sites (N-methyl/N-ethyl adjacent to an activating group) is 1. The van der Waals surface area contributed by atoms with E-state index in [1.165, 1.54) is 17.5 Å². The fourth-order valence-electron chi connectivity index (χ4n) is 2.91. The first kappa shape index (κ1) is 23.0. The van der Waals surface area contributed by atoms with Gasteiger partial charge in [-0.05, 0) is 50.9 Å². The van der Waals surface area contributed by atoms with Gasteiger partial charge >= 0.3 is 0 Å². The fraction of sp³-hybridized carbons (Fsp3) is 0.650. The predicted molar refractivity (Wildman–Crippen MR) is 121 cm³/mol. The highest BCUT2D eigenvalue weighted by atomic mass is 127. The highest BCUT2D eigenvalue weighted by Gasteiger charge is 2.11. The standard InChI is InChI=1S/C20H34N4O.HI/c1-5-16(3)24(4)13-12-23-20(21-6-2)22-11-9-17-7-8-19-18(15-17)10-14-25-19;/h7-8,15-16H,5-6,9-14H2,1-4H3,(H2,21,22,23);1H. The molecule has 26 heavy (non-hydrogen) atoms. The minimum Gasteiger partial charge on any atom is -0.493 e. The molecule has 1 unspecified atom stereocenters. The lowest BCUT2D eigenvalue weighted by molar-refractivity contribution is 0.259. The summed E-state index contributed by atoms with van der Waals surface area (Å²) in [4.78, 5) is 7.05. The molecule has 0 spiro atoms. The molecule has 1 heterocycles. The molecular weight excluding hydrogens is 439 g/mol. The second kappa shape index (κ2) is 12.4. The van der Waals surface area contributed by atoms with Gasteiger partial charge in [0.1, 0.15) is 5.75 Å². The minimum absolute atomic E-state index is 0. The Morgan fingerprint density at radius 2 is 2.12 bits per heavy atom. The van der Waals surface area contributed by atoms with Gasteiger partial charge in [0.15, 0.2) is 5.96 Å². The Morgan fingerprint density at radius 3 is 2.85 bits per heavy atom. The summed E-state index contributed by atoms with van der Waals surface area (Å²) in [6, 6.07) is 7.14. The Hall–Kier alpha value is -1.02. The Bertz CT molecular complexity index is 565. The van der Waals surface area contributed by atoms with Crippen LogP contribution in [0.1, 0.15) is 38.3 Å². The Labute approximate surface area is 176 Å². The summed E-state index contributed by atoms with van der Waals surface area (Å²) >= 11 is 0. The predicted octanol–water partition coefficient (Wildman–Crippen LogP) is 3.07. The van der Waals surface area contributed by atoms with Crippen LogP contribution in [-0.4, -0.2) is 56.7 Å². The van der Waals surface area contributed by atoms with E-state index in [9.17, 15) is 0 Å². The van der Waals surface area contributed by atoms with Crippen LogP contribution in [0.5, 0.6) is 5.75 Å². The summed E-state index contributed by atoms with van der Waals surface area (Å²) in [7, 11) is 2.17. The quantitative estimate of drug-likeness (QED) is 0.328. The first-order valence-corrected chi connectivity index (χ1v) is 9.61. The Balaban J connectivity index is 0.00000338. The molecule has 1 aliphatic rings. The number of ether oxygens (including phenoxy) is 1. The highest BCUT2D eigenvalue weighted by Crippen LogP contribution is 2.25. The number of fused-ring (bicyclic) bond motifs is 1. The molecule has 1 aromatic carbocycles. The molecule has 0 radical (unpaired) electrons. The largest absolute Gasteiger partial charge is 0.493 e. The van der Waals surface area contributed by atoms with Gasteiger partial charge in [0.25, 0.3) is 0 Å². The second-order valence-electron chi connectivity index (χ2n) is 6.72. The molecule has 1 atom stereocenters. The highest BCUT2D eigenvalue weighted by molar-refractivity contribution is 14.0. The van der Waals surface area contributed by atoms with Crippen LogP contribution in [-0.2, 0) is 12.8 Å². The molecule has 0 aliphatic carbocycles. The zero-order valence-electron chi connectivity index (χ0n) is 16.7. The SMILES string of the molecule is CCNC(=NCCN(C)C(C)CC)NCCc1ccc2c(c1)CCO2.I. The van der Waals surface area contributed by atoms with E-state index in [1.54, 1.807) is 0 Å². The number of hydrogen-bond donors (Lipinski definition) is 2. The van der Waals surface area contributed by atoms with Crippen molar-refractivity contribution in [3.05, 3.63) is 29.3 Å². The van der Waals surface area contributed by atoms with Crippen molar-refractivity contribution in [2.24, 2.45) is 4.99 Å². The second-order valence-corrected chi connectivity index (χ2v) is 6.72. The monoisotopic (exact) mass is 474 g/mol. The molecule has 1 aromatic rings. The van der Waals surface area contributed by atoms with Gasteiger partial charge in [-0.1, -0.05) is 19.1 Å². The van der Waals surface area contributed by atoms with Crippen molar-refractivity contribution >= 4 is 29.9 Å². The molecule has 148 valence electrons. The molecule has 1 aliphatic heterocycles. The molecule has 0 amide bonds. The van der Waals surface area contributed by atoms with Crippen molar-refractivity contribution in [1.29, 1.82) is 0 Å². The molecule has 0 saturated heterocycles. The summed E-state index contributed by atoms with van der Waals surface area (Å²) in [5, 5.41) is 6.77. The minimum atomic E-state index is 0. The van der Waals surface area contributed by atoms with E-state index in [1.807, 2.05) is 0 Å². The maximum Gasteiger partial charge on any atom is 0.191 e. The molecule has 0 bridgehead atoms. The summed E-state index contributed by atoms with van der Waals surface area (Å²) in [5.74, 6) is 1.96. The van der Waals surface area contributed by atoms with E-state index in [-0.39, 0.29) is 24.0 Å². The molecule has 0 fully saturated rings. The van der Waals surface area contributed by atoms with Crippen molar-refractivity contribution in [3.63, 3.8) is 0 Å². The van der Waals surface area contributed by atoms with Crippen molar-refractivity contribution < 1.29 is 4.74 Å². The maximum absolute atomic E-state index is 5.57. The van der Waals surface area contributed by atoms with Gasteiger partial charge in [0.2, 0.25) is 0 Å². The average molecular weight is 474 g/mol. The molecule has 2 rings (SSSR count). The number of halogens is 1. The third-order valence-electron chi connectivity index (χ3n) is 4.87. The van der Waals surface area contributed by atoms with Crippen molar-refractivity contribution in [3.8, 4) is 5.75 Å². The van der Waals surface area contributed by atoms with Crippen LogP contribution < -0.4 is 15.4 Å². The van der Waals surface area contributed by atoms with Gasteiger partial charge in [0, 0.05) is 32.1 Å². The lowest BCUT2D eigenvalue weighted by atomic mass is 10.1. The fourth-order valence-corrected chi connectivity index (χ4v) is 2.91. The van der Waals surface area contributed by atoms with Gasteiger partial charge in [0.05, 0.1) is 13.2 Å². The number of benzene rings is 1. The number of aliphatic imine (C=N–C) groups is 1. The zero-order valence-corrected chi connectivity index (χ0v) is 19.0. The number of nitrogens with zero attached hydrogens (tertiary/aromatic N) is 2. The Morgan fingerprint density at radius 1 is 1.31 bits per heavy atom. The molecular formula is C20H35IN4O. The lowest BCUT2D eigenvalue weighted by Gasteiger charge is -2.22. The van der Waals surface area contributed by atoms with E-state index in [0.717, 1.165) is 57.3 Å². The number of nitrogens with one attached hydrogen (secondary N) is 2. The molecule has 0 saturated carbocycles. The van der Waals surface area contributed by atoms with E-state index in [4.69, 9.17) is 9.73 Å². The number of guanidine groups is 1. The van der Waals surface area contributed by atoms with E-state index < -0.39 is 0 Å². The van der Waals surface area contributed by atoms with Crippen molar-refractivity contribution in [2.75, 3.05) is 39.8 Å². The molecule has 0 aromatic heterocycles. The third kappa shape index (κ3) is 7.31. The maximum atomic E-state index is 5.57. The number of hydrogen-bond acceptors (Lipinski definition) is 3. The zero-order chi connectivity index (χ0) is 18.1. The first-order valence-electron chi connectivity index (χ1n) is 9.61. The van der Waals surface area contributed by atoms with Crippen molar-refractivity contribution in [1.82, 2.24) is 15.5 Å². The van der Waals surface area contributed by atoms with Gasteiger partial charge in [-0.3, -0.25) is 4.99 Å². The third-order valence-corrected chi connectivity index (χ3v) is 4.87. The lowest BCUT2D eigenvalue weighted by Crippen LogP contribution is -2.39. The van der Waals surface area contributed by atoms with Gasteiger partial charge < -0.3 is 20.3 Å². The summed E-state index contributed by atoms with van der Waals surface area (Å²) in [6.07, 6.45) is 3.19. The van der Waals surface area contributed by atoms with Gasteiger partial charge in [-0.2, -0.15) is 0 Å². The summed E-state index contributed by atoms with van der Waals surface area (Å²) in [6.45, 7) is 11.0. The van der Waals surface area contributed by atoms with Crippen LogP contribution in [0.15, 0.2) is 23.2 Å². The van der Waals surface area contributed by atoms with Crippen molar-refractivity contribution in [2.45, 2.75) is 46.1 Å². The van der Waals surface area contributed by atoms with Crippen LogP contribution in [0.2, 0.25) is 0 Å². The van der Waals surface area contributed by atoms with E-state index >= 15 is 0 Å². The normalized spacial score (nSPS) is 14.4. The smallest absolute Gasteiger partial charge is 0.191 e. The van der Waals surface area contributed by atoms with Crippen LogP contribution in [0, 0.1) is 0 Å². The number of rotatable bonds is 9. The van der Waals surface area contributed by atoms with Crippen LogP contribution in [0.4, 0.5) is 0 Å². The summed E-state index contributed by atoms with van der Waals surface area (Å²) < 4.78 is 5.57. The van der Waals surface area contributed by atoms with Crippen LogP contribution in [0.25, 0.3) is 0 Å². The van der Waals surface area contributed by atoms with E-state index in [2.05, 4.69) is 61.6 Å². The van der Waals surface area contributed by atoms with Gasteiger partial charge in [-0.15, -0.1) is 24.0 Å².